The minimum absolute atomic E-state index is 0.00509. The number of nitrogens with one attached hydrogen (secondary N) is 1. The summed E-state index contributed by atoms with van der Waals surface area (Å²) >= 11 is 0. The number of nitrogens with two attached hydrogens (primary N) is 1. The van der Waals surface area contributed by atoms with Crippen molar-refractivity contribution in [2.24, 2.45) is 5.73 Å². The highest BCUT2D eigenvalue weighted by molar-refractivity contribution is 5.81. The van der Waals surface area contributed by atoms with Gasteiger partial charge >= 0.3 is 0 Å². The van der Waals surface area contributed by atoms with E-state index < -0.39 is 0 Å². The summed E-state index contributed by atoms with van der Waals surface area (Å²) in [6, 6.07) is 0.581. The van der Waals surface area contributed by atoms with Gasteiger partial charge in [0.2, 0.25) is 5.91 Å². The van der Waals surface area contributed by atoms with Crippen molar-refractivity contribution < 1.29 is 4.79 Å². The standard InChI is InChI=1S/C12H25N3O/c1-4-11(13)12(16)14-10-5-7-15(8-6-10)9(2)3/h9-11H,4-8,13H2,1-3H3,(H,14,16). The fraction of sp³-hybridized carbons (Fsp3) is 0.917. The molecule has 0 spiro atoms. The lowest BCUT2D eigenvalue weighted by Gasteiger charge is -2.35. The van der Waals surface area contributed by atoms with Gasteiger partial charge in [-0.15, -0.1) is 0 Å². The molecule has 4 heteroatoms. The number of amides is 1. The summed E-state index contributed by atoms with van der Waals surface area (Å²) in [5, 5.41) is 3.04. The van der Waals surface area contributed by atoms with Crippen LogP contribution >= 0.6 is 0 Å². The Morgan fingerprint density at radius 1 is 1.44 bits per heavy atom. The molecule has 1 amide bonds. The smallest absolute Gasteiger partial charge is 0.237 e. The van der Waals surface area contributed by atoms with Crippen LogP contribution in [0.2, 0.25) is 0 Å². The van der Waals surface area contributed by atoms with Crippen molar-refractivity contribution in [3.8, 4) is 0 Å². The van der Waals surface area contributed by atoms with E-state index in [1.165, 1.54) is 0 Å². The largest absolute Gasteiger partial charge is 0.352 e. The summed E-state index contributed by atoms with van der Waals surface area (Å²) in [4.78, 5) is 14.1. The highest BCUT2D eigenvalue weighted by atomic mass is 16.2. The summed E-state index contributed by atoms with van der Waals surface area (Å²) in [5.74, 6) is 0.00509. The zero-order valence-corrected chi connectivity index (χ0v) is 10.7. The van der Waals surface area contributed by atoms with Crippen LogP contribution in [0.15, 0.2) is 0 Å². The summed E-state index contributed by atoms with van der Waals surface area (Å²) in [5.41, 5.74) is 5.69. The molecular weight excluding hydrogens is 202 g/mol. The Morgan fingerprint density at radius 2 is 2.00 bits per heavy atom. The topological polar surface area (TPSA) is 58.4 Å². The number of nitrogens with zero attached hydrogens (tertiary/aromatic N) is 1. The SMILES string of the molecule is CCC(N)C(=O)NC1CCN(C(C)C)CC1. The monoisotopic (exact) mass is 227 g/mol. The average Bonchev–Trinajstić information content (AvgIpc) is 2.28. The molecule has 1 aliphatic rings. The lowest BCUT2D eigenvalue weighted by molar-refractivity contribution is -0.123. The van der Waals surface area contributed by atoms with Gasteiger partial charge < -0.3 is 16.0 Å². The van der Waals surface area contributed by atoms with E-state index in [0.717, 1.165) is 25.9 Å². The number of rotatable bonds is 4. The van der Waals surface area contributed by atoms with Gasteiger partial charge in [-0.2, -0.15) is 0 Å². The number of hydrogen-bond acceptors (Lipinski definition) is 3. The number of carbonyl (C=O) groups is 1. The highest BCUT2D eigenvalue weighted by Crippen LogP contribution is 2.12. The van der Waals surface area contributed by atoms with Crippen LogP contribution in [0, 0.1) is 0 Å². The minimum Gasteiger partial charge on any atom is -0.352 e. The van der Waals surface area contributed by atoms with Crippen LogP contribution < -0.4 is 11.1 Å². The van der Waals surface area contributed by atoms with Crippen LogP contribution in [0.1, 0.15) is 40.0 Å². The molecule has 0 radical (unpaired) electrons. The fourth-order valence-corrected chi connectivity index (χ4v) is 2.05. The van der Waals surface area contributed by atoms with Gasteiger partial charge in [0.25, 0.3) is 0 Å². The van der Waals surface area contributed by atoms with E-state index in [0.29, 0.717) is 18.5 Å². The lowest BCUT2D eigenvalue weighted by Crippen LogP contribution is -2.50. The number of carbonyl (C=O) groups excluding carboxylic acids is 1. The van der Waals surface area contributed by atoms with Crippen LogP contribution in [0.5, 0.6) is 0 Å². The van der Waals surface area contributed by atoms with Crippen molar-refractivity contribution in [1.29, 1.82) is 0 Å². The van der Waals surface area contributed by atoms with Crippen molar-refractivity contribution in [3.05, 3.63) is 0 Å². The normalized spacial score (nSPS) is 21.1. The Kier molecular flexibility index (Phi) is 5.22. The van der Waals surface area contributed by atoms with Crippen LogP contribution in [-0.2, 0) is 4.79 Å². The number of likely N-dealkylation sites (tertiary alicyclic amines) is 1. The molecule has 1 heterocycles. The van der Waals surface area contributed by atoms with Gasteiger partial charge in [0.15, 0.2) is 0 Å². The molecule has 94 valence electrons. The highest BCUT2D eigenvalue weighted by Gasteiger charge is 2.23. The molecule has 0 aromatic carbocycles. The average molecular weight is 227 g/mol. The van der Waals surface area contributed by atoms with Crippen molar-refractivity contribution >= 4 is 5.91 Å². The Bertz CT molecular complexity index is 222. The molecule has 0 aliphatic carbocycles. The lowest BCUT2D eigenvalue weighted by atomic mass is 10.0. The molecule has 0 bridgehead atoms. The summed E-state index contributed by atoms with van der Waals surface area (Å²) in [6.45, 7) is 8.51. The van der Waals surface area contributed by atoms with E-state index >= 15 is 0 Å². The Hall–Kier alpha value is -0.610. The molecule has 0 aromatic rings. The first kappa shape index (κ1) is 13.5. The van der Waals surface area contributed by atoms with Gasteiger partial charge in [0.1, 0.15) is 0 Å². The molecule has 0 aromatic heterocycles. The van der Waals surface area contributed by atoms with Crippen molar-refractivity contribution in [2.75, 3.05) is 13.1 Å². The van der Waals surface area contributed by atoms with Crippen LogP contribution in [-0.4, -0.2) is 42.0 Å². The third-order valence-electron chi connectivity index (χ3n) is 3.38. The molecule has 16 heavy (non-hydrogen) atoms. The maximum Gasteiger partial charge on any atom is 0.237 e. The quantitative estimate of drug-likeness (QED) is 0.744. The fourth-order valence-electron chi connectivity index (χ4n) is 2.05. The summed E-state index contributed by atoms with van der Waals surface area (Å²) in [7, 11) is 0. The summed E-state index contributed by atoms with van der Waals surface area (Å²) < 4.78 is 0. The molecule has 1 saturated heterocycles. The Morgan fingerprint density at radius 3 is 2.44 bits per heavy atom. The maximum absolute atomic E-state index is 11.6. The van der Waals surface area contributed by atoms with Crippen molar-refractivity contribution in [2.45, 2.75) is 58.2 Å². The second kappa shape index (κ2) is 6.21. The van der Waals surface area contributed by atoms with Gasteiger partial charge in [0.05, 0.1) is 6.04 Å². The van der Waals surface area contributed by atoms with Crippen LogP contribution in [0.4, 0.5) is 0 Å². The van der Waals surface area contributed by atoms with E-state index in [-0.39, 0.29) is 11.9 Å². The second-order valence-corrected chi connectivity index (χ2v) is 4.93. The first-order chi connectivity index (χ1) is 7.54. The third-order valence-corrected chi connectivity index (χ3v) is 3.38. The van der Waals surface area contributed by atoms with Gasteiger partial charge in [-0.3, -0.25) is 4.79 Å². The Labute approximate surface area is 98.6 Å². The molecule has 4 nitrogen and oxygen atoms in total. The molecule has 3 N–H and O–H groups in total. The predicted octanol–water partition coefficient (Wildman–Crippen LogP) is 0.713. The first-order valence-electron chi connectivity index (χ1n) is 6.34. The van der Waals surface area contributed by atoms with Gasteiger partial charge in [0, 0.05) is 25.2 Å². The Balaban J connectivity index is 2.29. The van der Waals surface area contributed by atoms with Crippen molar-refractivity contribution in [1.82, 2.24) is 10.2 Å². The summed E-state index contributed by atoms with van der Waals surface area (Å²) in [6.07, 6.45) is 2.79. The predicted molar refractivity (Wildman–Crippen MR) is 66.1 cm³/mol. The van der Waals surface area contributed by atoms with Crippen LogP contribution in [0.3, 0.4) is 0 Å². The molecule has 1 rings (SSSR count). The van der Waals surface area contributed by atoms with E-state index in [9.17, 15) is 4.79 Å². The van der Waals surface area contributed by atoms with Gasteiger partial charge in [-0.1, -0.05) is 6.92 Å². The first-order valence-corrected chi connectivity index (χ1v) is 6.34. The second-order valence-electron chi connectivity index (χ2n) is 4.93. The third kappa shape index (κ3) is 3.76. The van der Waals surface area contributed by atoms with E-state index in [1.807, 2.05) is 6.92 Å². The van der Waals surface area contributed by atoms with E-state index in [1.54, 1.807) is 0 Å². The molecule has 1 unspecified atom stereocenters. The van der Waals surface area contributed by atoms with E-state index in [4.69, 9.17) is 5.73 Å². The van der Waals surface area contributed by atoms with Gasteiger partial charge in [-0.25, -0.2) is 0 Å². The number of hydrogen-bond donors (Lipinski definition) is 2. The minimum atomic E-state index is -0.344. The molecule has 1 aliphatic heterocycles. The zero-order valence-electron chi connectivity index (χ0n) is 10.7. The number of piperidine rings is 1. The molecule has 0 saturated carbocycles. The molecular formula is C12H25N3O. The molecule has 1 fully saturated rings. The maximum atomic E-state index is 11.6. The van der Waals surface area contributed by atoms with Crippen molar-refractivity contribution in [3.63, 3.8) is 0 Å². The van der Waals surface area contributed by atoms with E-state index in [2.05, 4.69) is 24.1 Å². The van der Waals surface area contributed by atoms with Gasteiger partial charge in [-0.05, 0) is 33.1 Å². The van der Waals surface area contributed by atoms with Crippen LogP contribution in [0.25, 0.3) is 0 Å². The molecule has 1 atom stereocenters. The zero-order chi connectivity index (χ0) is 12.1.